The van der Waals surface area contributed by atoms with E-state index in [4.69, 9.17) is 5.73 Å². The second kappa shape index (κ2) is 6.27. The molecule has 0 aromatic heterocycles. The number of rotatable bonds is 3. The standard InChI is InChI=1S/C16H25N3O/c1-12-7-8-19(11-14(12)10-17)16(20)13-5-4-6-15(9-13)18(2)3/h4-6,9,12,14H,7-8,10-11,17H2,1-3H3. The summed E-state index contributed by atoms with van der Waals surface area (Å²) in [4.78, 5) is 16.6. The van der Waals surface area contributed by atoms with Gasteiger partial charge in [0.2, 0.25) is 0 Å². The second-order valence-electron chi connectivity index (χ2n) is 5.96. The number of nitrogens with two attached hydrogens (primary N) is 1. The van der Waals surface area contributed by atoms with E-state index in [1.54, 1.807) is 0 Å². The Balaban J connectivity index is 2.13. The molecule has 1 aliphatic rings. The predicted octanol–water partition coefficient (Wildman–Crippen LogP) is 1.81. The molecule has 0 spiro atoms. The van der Waals surface area contributed by atoms with Gasteiger partial charge in [-0.25, -0.2) is 0 Å². The number of benzene rings is 1. The Kier molecular flexibility index (Phi) is 4.65. The molecule has 0 aliphatic carbocycles. The van der Waals surface area contributed by atoms with Gasteiger partial charge < -0.3 is 15.5 Å². The quantitative estimate of drug-likeness (QED) is 0.915. The monoisotopic (exact) mass is 275 g/mol. The lowest BCUT2D eigenvalue weighted by molar-refractivity contribution is 0.0618. The molecule has 1 aromatic carbocycles. The van der Waals surface area contributed by atoms with Gasteiger partial charge in [-0.1, -0.05) is 13.0 Å². The zero-order valence-corrected chi connectivity index (χ0v) is 12.7. The van der Waals surface area contributed by atoms with E-state index in [1.807, 2.05) is 48.2 Å². The summed E-state index contributed by atoms with van der Waals surface area (Å²) in [6, 6.07) is 7.80. The van der Waals surface area contributed by atoms with Gasteiger partial charge in [0.25, 0.3) is 5.91 Å². The molecule has 2 unspecified atom stereocenters. The summed E-state index contributed by atoms with van der Waals surface area (Å²) >= 11 is 0. The van der Waals surface area contributed by atoms with Crippen molar-refractivity contribution in [3.63, 3.8) is 0 Å². The number of carbonyl (C=O) groups is 1. The average molecular weight is 275 g/mol. The molecule has 1 heterocycles. The Bertz CT molecular complexity index is 473. The zero-order chi connectivity index (χ0) is 14.7. The Morgan fingerprint density at radius 1 is 1.45 bits per heavy atom. The van der Waals surface area contributed by atoms with E-state index in [1.165, 1.54) is 0 Å². The number of carbonyl (C=O) groups excluding carboxylic acids is 1. The summed E-state index contributed by atoms with van der Waals surface area (Å²) in [6.45, 7) is 4.50. The van der Waals surface area contributed by atoms with Gasteiger partial charge in [-0.2, -0.15) is 0 Å². The number of amides is 1. The topological polar surface area (TPSA) is 49.6 Å². The molecule has 0 saturated carbocycles. The fourth-order valence-electron chi connectivity index (χ4n) is 2.74. The van der Waals surface area contributed by atoms with Gasteiger partial charge in [-0.15, -0.1) is 0 Å². The first-order chi connectivity index (χ1) is 9.52. The smallest absolute Gasteiger partial charge is 0.253 e. The molecule has 1 aromatic rings. The third kappa shape index (κ3) is 3.12. The number of anilines is 1. The van der Waals surface area contributed by atoms with Gasteiger partial charge >= 0.3 is 0 Å². The van der Waals surface area contributed by atoms with Gasteiger partial charge in [0.05, 0.1) is 0 Å². The highest BCUT2D eigenvalue weighted by Crippen LogP contribution is 2.24. The van der Waals surface area contributed by atoms with Crippen LogP contribution in [0.15, 0.2) is 24.3 Å². The van der Waals surface area contributed by atoms with Gasteiger partial charge in [-0.05, 0) is 43.0 Å². The molecule has 2 rings (SSSR count). The van der Waals surface area contributed by atoms with Crippen LogP contribution in [0.2, 0.25) is 0 Å². The number of hydrogen-bond donors (Lipinski definition) is 1. The summed E-state index contributed by atoms with van der Waals surface area (Å²) in [5, 5.41) is 0. The Morgan fingerprint density at radius 3 is 2.85 bits per heavy atom. The molecule has 20 heavy (non-hydrogen) atoms. The maximum Gasteiger partial charge on any atom is 0.253 e. The number of piperidine rings is 1. The molecule has 1 aliphatic heterocycles. The van der Waals surface area contributed by atoms with Crippen LogP contribution in [0, 0.1) is 11.8 Å². The molecule has 2 atom stereocenters. The van der Waals surface area contributed by atoms with Gasteiger partial charge in [0.1, 0.15) is 0 Å². The second-order valence-corrected chi connectivity index (χ2v) is 5.96. The van der Waals surface area contributed by atoms with Crippen LogP contribution < -0.4 is 10.6 Å². The summed E-state index contributed by atoms with van der Waals surface area (Å²) in [7, 11) is 3.97. The minimum absolute atomic E-state index is 0.124. The lowest BCUT2D eigenvalue weighted by Gasteiger charge is -2.36. The third-order valence-corrected chi connectivity index (χ3v) is 4.31. The fraction of sp³-hybridized carbons (Fsp3) is 0.562. The van der Waals surface area contributed by atoms with Crippen molar-refractivity contribution in [3.8, 4) is 0 Å². The lowest BCUT2D eigenvalue weighted by Crippen LogP contribution is -2.45. The highest BCUT2D eigenvalue weighted by atomic mass is 16.2. The first-order valence-electron chi connectivity index (χ1n) is 7.29. The fourth-order valence-corrected chi connectivity index (χ4v) is 2.74. The van der Waals surface area contributed by atoms with Crippen LogP contribution in [0.4, 0.5) is 5.69 Å². The molecular formula is C16H25N3O. The number of nitrogens with zero attached hydrogens (tertiary/aromatic N) is 2. The van der Waals surface area contributed by atoms with Gasteiger partial charge in [0, 0.05) is 38.4 Å². The minimum Gasteiger partial charge on any atom is -0.378 e. The van der Waals surface area contributed by atoms with E-state index in [0.717, 1.165) is 30.8 Å². The van der Waals surface area contributed by atoms with Crippen LogP contribution in [0.25, 0.3) is 0 Å². The number of likely N-dealkylation sites (tertiary alicyclic amines) is 1. The van der Waals surface area contributed by atoms with Crippen molar-refractivity contribution in [1.29, 1.82) is 0 Å². The van der Waals surface area contributed by atoms with Gasteiger partial charge in [-0.3, -0.25) is 4.79 Å². The van der Waals surface area contributed by atoms with Crippen molar-refractivity contribution in [3.05, 3.63) is 29.8 Å². The molecule has 0 bridgehead atoms. The summed E-state index contributed by atoms with van der Waals surface area (Å²) in [6.07, 6.45) is 1.04. The van der Waals surface area contributed by atoms with Crippen molar-refractivity contribution >= 4 is 11.6 Å². The van der Waals surface area contributed by atoms with Crippen LogP contribution >= 0.6 is 0 Å². The molecule has 1 fully saturated rings. The van der Waals surface area contributed by atoms with E-state index in [-0.39, 0.29) is 5.91 Å². The maximum absolute atomic E-state index is 12.6. The summed E-state index contributed by atoms with van der Waals surface area (Å²) < 4.78 is 0. The largest absolute Gasteiger partial charge is 0.378 e. The molecule has 1 amide bonds. The maximum atomic E-state index is 12.6. The highest BCUT2D eigenvalue weighted by Gasteiger charge is 2.28. The first-order valence-corrected chi connectivity index (χ1v) is 7.29. The van der Waals surface area contributed by atoms with Crippen LogP contribution in [0.5, 0.6) is 0 Å². The minimum atomic E-state index is 0.124. The van der Waals surface area contributed by atoms with Crippen molar-refractivity contribution in [2.24, 2.45) is 17.6 Å². The third-order valence-electron chi connectivity index (χ3n) is 4.31. The first kappa shape index (κ1) is 14.9. The van der Waals surface area contributed by atoms with Crippen LogP contribution in [0.3, 0.4) is 0 Å². The zero-order valence-electron chi connectivity index (χ0n) is 12.7. The van der Waals surface area contributed by atoms with E-state index in [2.05, 4.69) is 6.92 Å². The van der Waals surface area contributed by atoms with E-state index in [9.17, 15) is 4.79 Å². The van der Waals surface area contributed by atoms with Crippen LogP contribution in [-0.2, 0) is 0 Å². The van der Waals surface area contributed by atoms with E-state index < -0.39 is 0 Å². The molecular weight excluding hydrogens is 250 g/mol. The van der Waals surface area contributed by atoms with Crippen LogP contribution in [-0.4, -0.2) is 44.5 Å². The Hall–Kier alpha value is -1.55. The van der Waals surface area contributed by atoms with Crippen molar-refractivity contribution in [1.82, 2.24) is 4.90 Å². The molecule has 2 N–H and O–H groups in total. The molecule has 110 valence electrons. The predicted molar refractivity (Wildman–Crippen MR) is 83.0 cm³/mol. The Morgan fingerprint density at radius 2 is 2.20 bits per heavy atom. The SMILES string of the molecule is CC1CCN(C(=O)c2cccc(N(C)C)c2)CC1CN. The average Bonchev–Trinajstić information content (AvgIpc) is 2.47. The summed E-state index contributed by atoms with van der Waals surface area (Å²) in [5.41, 5.74) is 7.63. The van der Waals surface area contributed by atoms with Crippen molar-refractivity contribution in [2.75, 3.05) is 38.6 Å². The number of hydrogen-bond acceptors (Lipinski definition) is 3. The Labute approximate surface area is 121 Å². The molecule has 0 radical (unpaired) electrons. The summed E-state index contributed by atoms with van der Waals surface area (Å²) in [5.74, 6) is 1.15. The van der Waals surface area contributed by atoms with Crippen LogP contribution in [0.1, 0.15) is 23.7 Å². The molecule has 4 nitrogen and oxygen atoms in total. The highest BCUT2D eigenvalue weighted by molar-refractivity contribution is 5.95. The molecule has 1 saturated heterocycles. The van der Waals surface area contributed by atoms with Crippen molar-refractivity contribution < 1.29 is 4.79 Å². The lowest BCUT2D eigenvalue weighted by atomic mass is 9.87. The van der Waals surface area contributed by atoms with Gasteiger partial charge in [0.15, 0.2) is 0 Å². The van der Waals surface area contributed by atoms with Crippen molar-refractivity contribution in [2.45, 2.75) is 13.3 Å². The van der Waals surface area contributed by atoms with E-state index >= 15 is 0 Å². The van der Waals surface area contributed by atoms with E-state index in [0.29, 0.717) is 18.4 Å². The molecule has 4 heteroatoms. The normalized spacial score (nSPS) is 22.7.